The molecule has 0 saturated heterocycles. The molecule has 2 rings (SSSR count). The molecule has 1 amide bonds. The number of aromatic amines is 1. The van der Waals surface area contributed by atoms with Crippen molar-refractivity contribution in [2.24, 2.45) is 0 Å². The van der Waals surface area contributed by atoms with Crippen LogP contribution in [-0.4, -0.2) is 39.7 Å². The van der Waals surface area contributed by atoms with Crippen molar-refractivity contribution in [1.82, 2.24) is 19.7 Å². The number of hydrogen-bond donors (Lipinski definition) is 1. The van der Waals surface area contributed by atoms with Crippen LogP contribution in [0.2, 0.25) is 0 Å². The van der Waals surface area contributed by atoms with Crippen molar-refractivity contribution >= 4 is 17.7 Å². The van der Waals surface area contributed by atoms with E-state index < -0.39 is 5.25 Å². The van der Waals surface area contributed by atoms with Crippen LogP contribution in [0.1, 0.15) is 24.2 Å². The van der Waals surface area contributed by atoms with E-state index in [1.165, 1.54) is 11.8 Å². The lowest BCUT2D eigenvalue weighted by Crippen LogP contribution is -2.27. The topological polar surface area (TPSA) is 71.0 Å². The molecule has 0 saturated carbocycles. The molecule has 0 fully saturated rings. The molecule has 0 aliphatic heterocycles. The maximum atomic E-state index is 12.5. The Morgan fingerprint density at radius 2 is 2.05 bits per heavy atom. The number of carbonyl (C=O) groups is 1. The molecule has 1 heterocycles. The number of amides is 1. The first-order valence-corrected chi connectivity index (χ1v) is 8.00. The molecule has 0 bridgehead atoms. The number of aromatic nitrogens is 3. The van der Waals surface area contributed by atoms with Gasteiger partial charge in [-0.05, 0) is 12.0 Å². The molecular formula is C15H20N4O2S. The average molecular weight is 320 g/mol. The third kappa shape index (κ3) is 3.59. The van der Waals surface area contributed by atoms with Gasteiger partial charge in [-0.15, -0.1) is 5.10 Å². The molecule has 0 aliphatic rings. The molecule has 6 nitrogen and oxygen atoms in total. The summed E-state index contributed by atoms with van der Waals surface area (Å²) in [5.41, 5.74) is 0.651. The van der Waals surface area contributed by atoms with E-state index in [1.807, 2.05) is 37.3 Å². The Labute approximate surface area is 133 Å². The molecule has 1 atom stereocenters. The third-order valence-corrected chi connectivity index (χ3v) is 4.39. The number of H-pyrrole nitrogens is 1. The van der Waals surface area contributed by atoms with Gasteiger partial charge in [0.25, 0.3) is 0 Å². The Morgan fingerprint density at radius 3 is 2.64 bits per heavy atom. The second kappa shape index (κ2) is 7.31. The summed E-state index contributed by atoms with van der Waals surface area (Å²) >= 11 is 1.30. The highest BCUT2D eigenvalue weighted by Gasteiger charge is 2.26. The van der Waals surface area contributed by atoms with E-state index in [2.05, 4.69) is 10.2 Å². The number of likely N-dealkylation sites (N-methyl/N-ethyl adjacent to an activating group) is 1. The first kappa shape index (κ1) is 16.4. The van der Waals surface area contributed by atoms with Crippen molar-refractivity contribution in [1.29, 1.82) is 0 Å². The third-order valence-electron chi connectivity index (χ3n) is 3.16. The van der Waals surface area contributed by atoms with Crippen LogP contribution in [0, 0.1) is 0 Å². The summed E-state index contributed by atoms with van der Waals surface area (Å²) in [5, 5.41) is 6.63. The van der Waals surface area contributed by atoms with Gasteiger partial charge in [-0.1, -0.05) is 49.0 Å². The summed E-state index contributed by atoms with van der Waals surface area (Å²) in [7, 11) is 3.45. The Morgan fingerprint density at radius 1 is 1.36 bits per heavy atom. The summed E-state index contributed by atoms with van der Waals surface area (Å²) in [4.78, 5) is 25.8. The molecule has 118 valence electrons. The number of thioether (sulfide) groups is 1. The second-order valence-electron chi connectivity index (χ2n) is 5.10. The minimum absolute atomic E-state index is 0.0327. The smallest absolute Gasteiger partial charge is 0.343 e. The molecule has 0 radical (unpaired) electrons. The maximum absolute atomic E-state index is 12.5. The summed E-state index contributed by atoms with van der Waals surface area (Å²) in [6, 6.07) is 9.53. The van der Waals surface area contributed by atoms with E-state index in [0.29, 0.717) is 11.7 Å². The van der Waals surface area contributed by atoms with Gasteiger partial charge in [0.15, 0.2) is 5.16 Å². The Hall–Kier alpha value is -2.02. The SMILES string of the molecule is CCCn1c(SC(C(=O)N(C)C)c2ccccc2)n[nH]c1=O. The van der Waals surface area contributed by atoms with Gasteiger partial charge in [0, 0.05) is 20.6 Å². The van der Waals surface area contributed by atoms with E-state index in [-0.39, 0.29) is 11.6 Å². The van der Waals surface area contributed by atoms with E-state index in [1.54, 1.807) is 23.6 Å². The maximum Gasteiger partial charge on any atom is 0.343 e. The molecule has 1 aromatic carbocycles. The lowest BCUT2D eigenvalue weighted by Gasteiger charge is -2.20. The summed E-state index contributed by atoms with van der Waals surface area (Å²) < 4.78 is 1.57. The number of nitrogens with zero attached hydrogens (tertiary/aromatic N) is 3. The number of hydrogen-bond acceptors (Lipinski definition) is 4. The van der Waals surface area contributed by atoms with Crippen molar-refractivity contribution in [3.05, 3.63) is 46.4 Å². The molecule has 22 heavy (non-hydrogen) atoms. The van der Waals surface area contributed by atoms with Gasteiger partial charge in [0.2, 0.25) is 5.91 Å². The highest BCUT2D eigenvalue weighted by Crippen LogP contribution is 2.34. The fraction of sp³-hybridized carbons (Fsp3) is 0.400. The second-order valence-corrected chi connectivity index (χ2v) is 6.18. The molecule has 7 heteroatoms. The molecule has 0 spiro atoms. The van der Waals surface area contributed by atoms with E-state index in [9.17, 15) is 9.59 Å². The van der Waals surface area contributed by atoms with Crippen LogP contribution >= 0.6 is 11.8 Å². The van der Waals surface area contributed by atoms with Crippen LogP contribution in [-0.2, 0) is 11.3 Å². The van der Waals surface area contributed by atoms with Crippen LogP contribution in [0.4, 0.5) is 0 Å². The zero-order chi connectivity index (χ0) is 16.1. The fourth-order valence-corrected chi connectivity index (χ4v) is 3.26. The Balaban J connectivity index is 2.35. The highest BCUT2D eigenvalue weighted by atomic mass is 32.2. The van der Waals surface area contributed by atoms with Gasteiger partial charge in [0.05, 0.1) is 0 Å². The molecule has 2 aromatic rings. The van der Waals surface area contributed by atoms with Gasteiger partial charge < -0.3 is 4.90 Å². The summed E-state index contributed by atoms with van der Waals surface area (Å²) in [6.07, 6.45) is 0.824. The standard InChI is InChI=1S/C15H20N4O2S/c1-4-10-19-14(21)16-17-15(19)22-12(13(20)18(2)3)11-8-6-5-7-9-11/h5-9,12H,4,10H2,1-3H3,(H,16,21). The quantitative estimate of drug-likeness (QED) is 0.825. The lowest BCUT2D eigenvalue weighted by molar-refractivity contribution is -0.128. The van der Waals surface area contributed by atoms with E-state index >= 15 is 0 Å². The zero-order valence-corrected chi connectivity index (χ0v) is 13.8. The minimum atomic E-state index is -0.429. The number of benzene rings is 1. The largest absolute Gasteiger partial charge is 0.348 e. The molecule has 0 aliphatic carbocycles. The van der Waals surface area contributed by atoms with Crippen molar-refractivity contribution in [2.45, 2.75) is 30.3 Å². The van der Waals surface area contributed by atoms with Crippen LogP contribution < -0.4 is 5.69 Å². The van der Waals surface area contributed by atoms with Gasteiger partial charge in [-0.2, -0.15) is 0 Å². The summed E-state index contributed by atoms with van der Waals surface area (Å²) in [5.74, 6) is -0.0327. The van der Waals surface area contributed by atoms with Gasteiger partial charge in [-0.3, -0.25) is 9.36 Å². The van der Waals surface area contributed by atoms with Crippen molar-refractivity contribution in [2.75, 3.05) is 14.1 Å². The predicted octanol–water partition coefficient (Wildman–Crippen LogP) is 1.90. The Kier molecular flexibility index (Phi) is 5.43. The summed E-state index contributed by atoms with van der Waals surface area (Å²) in [6.45, 7) is 2.57. The zero-order valence-electron chi connectivity index (χ0n) is 12.9. The van der Waals surface area contributed by atoms with Crippen molar-refractivity contribution in [3.8, 4) is 0 Å². The molecule has 1 aromatic heterocycles. The van der Waals surface area contributed by atoms with Gasteiger partial charge in [-0.25, -0.2) is 9.89 Å². The molecule has 1 unspecified atom stereocenters. The van der Waals surface area contributed by atoms with Gasteiger partial charge >= 0.3 is 5.69 Å². The van der Waals surface area contributed by atoms with Crippen molar-refractivity contribution < 1.29 is 4.79 Å². The molecule has 1 N–H and O–H groups in total. The normalized spacial score (nSPS) is 12.1. The van der Waals surface area contributed by atoms with Crippen molar-refractivity contribution in [3.63, 3.8) is 0 Å². The van der Waals surface area contributed by atoms with E-state index in [0.717, 1.165) is 12.0 Å². The fourth-order valence-electron chi connectivity index (χ4n) is 2.04. The first-order valence-electron chi connectivity index (χ1n) is 7.12. The minimum Gasteiger partial charge on any atom is -0.348 e. The average Bonchev–Trinajstić information content (AvgIpc) is 2.86. The predicted molar refractivity (Wildman–Crippen MR) is 86.9 cm³/mol. The van der Waals surface area contributed by atoms with Crippen LogP contribution in [0.25, 0.3) is 0 Å². The first-order chi connectivity index (χ1) is 10.5. The monoisotopic (exact) mass is 320 g/mol. The van der Waals surface area contributed by atoms with Crippen LogP contribution in [0.3, 0.4) is 0 Å². The lowest BCUT2D eigenvalue weighted by atomic mass is 10.1. The van der Waals surface area contributed by atoms with Crippen LogP contribution in [0.5, 0.6) is 0 Å². The number of carbonyl (C=O) groups excluding carboxylic acids is 1. The van der Waals surface area contributed by atoms with Gasteiger partial charge in [0.1, 0.15) is 5.25 Å². The highest BCUT2D eigenvalue weighted by molar-refractivity contribution is 8.00. The van der Waals surface area contributed by atoms with E-state index in [4.69, 9.17) is 0 Å². The number of nitrogens with one attached hydrogen (secondary N) is 1. The number of rotatable bonds is 6. The molecular weight excluding hydrogens is 300 g/mol. The van der Waals surface area contributed by atoms with Crippen LogP contribution in [0.15, 0.2) is 40.3 Å². The Bertz CT molecular complexity index is 678.